The molecule has 1 aromatic carbocycles. The van der Waals surface area contributed by atoms with E-state index >= 15 is 0 Å². The SMILES string of the molecule is Cc1nc(N[C@H](C)c2cccc(C(F)(F)F)c2C)c2cn(C3(C(F)(F)F)CCOC3)c(=O)c(Br)c2n1. The molecule has 1 fully saturated rings. The van der Waals surface area contributed by atoms with Crippen LogP contribution < -0.4 is 10.9 Å². The Bertz CT molecular complexity index is 1380. The molecule has 13 heteroatoms. The van der Waals surface area contributed by atoms with Crippen LogP contribution in [-0.4, -0.2) is 33.9 Å². The highest BCUT2D eigenvalue weighted by Crippen LogP contribution is 2.43. The summed E-state index contributed by atoms with van der Waals surface area (Å²) in [6.45, 7) is 3.58. The maximum Gasteiger partial charge on any atom is 0.416 e. The number of nitrogens with one attached hydrogen (secondary N) is 1. The van der Waals surface area contributed by atoms with Crippen LogP contribution in [0.3, 0.4) is 0 Å². The first-order valence-electron chi connectivity index (χ1n) is 10.8. The van der Waals surface area contributed by atoms with Crippen molar-refractivity contribution in [3.63, 3.8) is 0 Å². The van der Waals surface area contributed by atoms with E-state index in [0.717, 1.165) is 12.3 Å². The van der Waals surface area contributed by atoms with Gasteiger partial charge in [0.05, 0.1) is 29.1 Å². The van der Waals surface area contributed by atoms with Gasteiger partial charge in [-0.15, -0.1) is 0 Å². The lowest BCUT2D eigenvalue weighted by Crippen LogP contribution is -2.52. The Balaban J connectivity index is 1.88. The van der Waals surface area contributed by atoms with E-state index in [4.69, 9.17) is 4.74 Å². The molecule has 4 rings (SSSR count). The van der Waals surface area contributed by atoms with Gasteiger partial charge in [0.1, 0.15) is 16.1 Å². The van der Waals surface area contributed by atoms with Crippen molar-refractivity contribution < 1.29 is 31.1 Å². The Morgan fingerprint density at radius 1 is 1.17 bits per heavy atom. The number of aryl methyl sites for hydroxylation is 1. The van der Waals surface area contributed by atoms with Gasteiger partial charge in [0, 0.05) is 19.2 Å². The van der Waals surface area contributed by atoms with Gasteiger partial charge in [-0.25, -0.2) is 9.97 Å². The van der Waals surface area contributed by atoms with Gasteiger partial charge in [0.25, 0.3) is 5.56 Å². The highest BCUT2D eigenvalue weighted by molar-refractivity contribution is 9.10. The quantitative estimate of drug-likeness (QED) is 0.382. The zero-order valence-corrected chi connectivity index (χ0v) is 20.9. The second-order valence-corrected chi connectivity index (χ2v) is 9.51. The molecular formula is C23H21BrF6N4O2. The predicted molar refractivity (Wildman–Crippen MR) is 124 cm³/mol. The molecule has 1 aliphatic rings. The number of hydrogen-bond donors (Lipinski definition) is 1. The van der Waals surface area contributed by atoms with E-state index in [1.807, 2.05) is 0 Å². The minimum absolute atomic E-state index is 0.0114. The molecule has 0 radical (unpaired) electrons. The van der Waals surface area contributed by atoms with Gasteiger partial charge in [-0.05, 0) is 53.9 Å². The number of rotatable bonds is 4. The Kier molecular flexibility index (Phi) is 6.61. The summed E-state index contributed by atoms with van der Waals surface area (Å²) in [5.74, 6) is 0.290. The highest BCUT2D eigenvalue weighted by Gasteiger charge is 2.59. The number of halogens is 7. The van der Waals surface area contributed by atoms with E-state index in [9.17, 15) is 31.1 Å². The fourth-order valence-electron chi connectivity index (χ4n) is 4.51. The standard InChI is InChI=1S/C23H21BrF6N4O2/c1-11-14(5-4-6-16(11)22(25,26)27)12(2)31-19-15-9-34(21(23(28,29)30)7-8-36-10-21)20(35)17(24)18(15)32-13(3)33-19/h4-6,9,12H,7-8,10H2,1-3H3,(H,31,32,33)/t12-,21?/m1/s1. The van der Waals surface area contributed by atoms with E-state index in [1.165, 1.54) is 26.0 Å². The van der Waals surface area contributed by atoms with Crippen molar-refractivity contribution in [2.45, 2.75) is 51.1 Å². The Morgan fingerprint density at radius 2 is 1.86 bits per heavy atom. The normalized spacial score (nSPS) is 19.6. The summed E-state index contributed by atoms with van der Waals surface area (Å²) >= 11 is 3.11. The third kappa shape index (κ3) is 4.36. The molecule has 36 heavy (non-hydrogen) atoms. The lowest BCUT2D eigenvalue weighted by Gasteiger charge is -2.32. The number of hydrogen-bond acceptors (Lipinski definition) is 5. The molecule has 0 amide bonds. The topological polar surface area (TPSA) is 69.0 Å². The van der Waals surface area contributed by atoms with Crippen LogP contribution in [0.2, 0.25) is 0 Å². The van der Waals surface area contributed by atoms with Gasteiger partial charge in [-0.1, -0.05) is 12.1 Å². The van der Waals surface area contributed by atoms with Crippen LogP contribution in [0.15, 0.2) is 33.7 Å². The van der Waals surface area contributed by atoms with Crippen molar-refractivity contribution in [3.8, 4) is 0 Å². The maximum absolute atomic E-state index is 14.2. The first-order chi connectivity index (χ1) is 16.7. The van der Waals surface area contributed by atoms with Crippen LogP contribution in [0.4, 0.5) is 32.2 Å². The van der Waals surface area contributed by atoms with Crippen LogP contribution in [0.25, 0.3) is 10.9 Å². The number of pyridine rings is 1. The van der Waals surface area contributed by atoms with Crippen molar-refractivity contribution in [1.82, 2.24) is 14.5 Å². The number of ether oxygens (including phenoxy) is 1. The van der Waals surface area contributed by atoms with Gasteiger partial charge in [-0.3, -0.25) is 9.36 Å². The molecule has 2 atom stereocenters. The van der Waals surface area contributed by atoms with Gasteiger partial charge >= 0.3 is 12.4 Å². The third-order valence-electron chi connectivity index (χ3n) is 6.42. The predicted octanol–water partition coefficient (Wildman–Crippen LogP) is 6.04. The summed E-state index contributed by atoms with van der Waals surface area (Å²) in [6, 6.07) is 3.08. The maximum atomic E-state index is 14.2. The van der Waals surface area contributed by atoms with Gasteiger partial charge in [-0.2, -0.15) is 26.3 Å². The molecule has 3 heterocycles. The molecule has 194 valence electrons. The minimum Gasteiger partial charge on any atom is -0.379 e. The number of benzene rings is 1. The van der Waals surface area contributed by atoms with E-state index in [2.05, 4.69) is 31.2 Å². The van der Waals surface area contributed by atoms with E-state index in [1.54, 1.807) is 6.92 Å². The molecular weight excluding hydrogens is 558 g/mol. The molecule has 1 saturated heterocycles. The second kappa shape index (κ2) is 9.02. The van der Waals surface area contributed by atoms with Crippen molar-refractivity contribution in [2.75, 3.05) is 18.5 Å². The summed E-state index contributed by atoms with van der Waals surface area (Å²) < 4.78 is 88.2. The van der Waals surface area contributed by atoms with Crippen LogP contribution in [0, 0.1) is 13.8 Å². The van der Waals surface area contributed by atoms with Crippen molar-refractivity contribution >= 4 is 32.7 Å². The molecule has 0 saturated carbocycles. The first-order valence-corrected chi connectivity index (χ1v) is 11.6. The molecule has 0 bridgehead atoms. The van der Waals surface area contributed by atoms with Crippen LogP contribution in [0.5, 0.6) is 0 Å². The number of anilines is 1. The molecule has 3 aromatic rings. The molecule has 6 nitrogen and oxygen atoms in total. The summed E-state index contributed by atoms with van der Waals surface area (Å²) in [7, 11) is 0. The van der Waals surface area contributed by atoms with E-state index in [-0.39, 0.29) is 39.2 Å². The average Bonchev–Trinajstić information content (AvgIpc) is 3.27. The minimum atomic E-state index is -4.79. The Morgan fingerprint density at radius 3 is 2.44 bits per heavy atom. The molecule has 1 unspecified atom stereocenters. The Hall–Kier alpha value is -2.67. The lowest BCUT2D eigenvalue weighted by molar-refractivity contribution is -0.214. The number of aromatic nitrogens is 3. The van der Waals surface area contributed by atoms with Gasteiger partial charge in [0.2, 0.25) is 0 Å². The van der Waals surface area contributed by atoms with E-state index < -0.39 is 48.1 Å². The Labute approximate surface area is 209 Å². The number of fused-ring (bicyclic) bond motifs is 1. The van der Waals surface area contributed by atoms with Crippen molar-refractivity contribution in [3.05, 3.63) is 61.7 Å². The summed E-state index contributed by atoms with van der Waals surface area (Å²) in [4.78, 5) is 21.6. The van der Waals surface area contributed by atoms with Crippen LogP contribution in [-0.2, 0) is 16.5 Å². The average molecular weight is 579 g/mol. The fourth-order valence-corrected chi connectivity index (χ4v) is 5.00. The fraction of sp³-hybridized carbons (Fsp3) is 0.435. The molecule has 2 aromatic heterocycles. The van der Waals surface area contributed by atoms with E-state index in [0.29, 0.717) is 10.1 Å². The van der Waals surface area contributed by atoms with Crippen molar-refractivity contribution in [1.29, 1.82) is 0 Å². The van der Waals surface area contributed by atoms with Gasteiger partial charge in [0.15, 0.2) is 5.54 Å². The van der Waals surface area contributed by atoms with Crippen LogP contribution >= 0.6 is 15.9 Å². The lowest BCUT2D eigenvalue weighted by atomic mass is 9.96. The summed E-state index contributed by atoms with van der Waals surface area (Å²) in [6.07, 6.45) is -8.75. The van der Waals surface area contributed by atoms with Gasteiger partial charge < -0.3 is 10.1 Å². The zero-order chi connectivity index (χ0) is 26.6. The highest BCUT2D eigenvalue weighted by atomic mass is 79.9. The molecule has 1 N–H and O–H groups in total. The monoisotopic (exact) mass is 578 g/mol. The van der Waals surface area contributed by atoms with Crippen molar-refractivity contribution in [2.24, 2.45) is 0 Å². The first kappa shape index (κ1) is 26.4. The largest absolute Gasteiger partial charge is 0.416 e. The molecule has 1 aliphatic heterocycles. The number of alkyl halides is 6. The summed E-state index contributed by atoms with van der Waals surface area (Å²) in [5.41, 5.74) is -3.88. The smallest absolute Gasteiger partial charge is 0.379 e. The molecule has 0 spiro atoms. The van der Waals surface area contributed by atoms with Crippen LogP contribution in [0.1, 0.15) is 41.9 Å². The summed E-state index contributed by atoms with van der Waals surface area (Å²) in [5, 5.41) is 3.11. The second-order valence-electron chi connectivity index (χ2n) is 8.72. The number of nitrogens with zero attached hydrogens (tertiary/aromatic N) is 3. The third-order valence-corrected chi connectivity index (χ3v) is 7.14. The molecule has 0 aliphatic carbocycles. The zero-order valence-electron chi connectivity index (χ0n) is 19.3.